The van der Waals surface area contributed by atoms with Crippen LogP contribution in [0.4, 0.5) is 11.5 Å². The maximum Gasteiger partial charge on any atom is 0.261 e. The number of anilines is 2. The van der Waals surface area contributed by atoms with Gasteiger partial charge in [-0.2, -0.15) is 5.10 Å². The summed E-state index contributed by atoms with van der Waals surface area (Å²) < 4.78 is 7.27. The average molecular weight is 390 g/mol. The zero-order valence-corrected chi connectivity index (χ0v) is 16.4. The van der Waals surface area contributed by atoms with Gasteiger partial charge >= 0.3 is 0 Å². The van der Waals surface area contributed by atoms with E-state index in [0.717, 1.165) is 54.2 Å². The van der Waals surface area contributed by atoms with E-state index < -0.39 is 0 Å². The molecule has 5 rings (SSSR count). The first-order chi connectivity index (χ1) is 14.1. The quantitative estimate of drug-likeness (QED) is 0.532. The lowest BCUT2D eigenvalue weighted by Crippen LogP contribution is -2.47. The van der Waals surface area contributed by atoms with Crippen LogP contribution in [0.2, 0.25) is 0 Å². The molecule has 1 saturated heterocycles. The van der Waals surface area contributed by atoms with E-state index in [4.69, 9.17) is 4.42 Å². The van der Waals surface area contributed by atoms with Crippen molar-refractivity contribution < 1.29 is 4.42 Å². The molecule has 3 aromatic heterocycles. The molecule has 0 atom stereocenters. The Labute approximate surface area is 167 Å². The second kappa shape index (κ2) is 6.88. The molecule has 0 amide bonds. The fourth-order valence-electron chi connectivity index (χ4n) is 3.87. The van der Waals surface area contributed by atoms with Crippen molar-refractivity contribution in [3.05, 3.63) is 53.4 Å². The first kappa shape index (κ1) is 17.7. The van der Waals surface area contributed by atoms with Gasteiger partial charge in [-0.05, 0) is 38.1 Å². The Kier molecular flexibility index (Phi) is 4.19. The fourth-order valence-corrected chi connectivity index (χ4v) is 3.87. The molecule has 0 radical (unpaired) electrons. The summed E-state index contributed by atoms with van der Waals surface area (Å²) >= 11 is 0. The van der Waals surface area contributed by atoms with Crippen molar-refractivity contribution in [3.8, 4) is 0 Å². The minimum Gasteiger partial charge on any atom is -0.460 e. The molecule has 148 valence electrons. The molecule has 0 bridgehead atoms. The number of nitrogens with zero attached hydrogens (tertiary/aromatic N) is 6. The largest absolute Gasteiger partial charge is 0.460 e. The van der Waals surface area contributed by atoms with Crippen LogP contribution in [-0.2, 0) is 0 Å². The van der Waals surface area contributed by atoms with Gasteiger partial charge in [-0.1, -0.05) is 0 Å². The average Bonchev–Trinajstić information content (AvgIpc) is 3.22. The van der Waals surface area contributed by atoms with Crippen LogP contribution in [0.25, 0.3) is 21.9 Å². The Morgan fingerprint density at radius 2 is 1.86 bits per heavy atom. The van der Waals surface area contributed by atoms with Crippen LogP contribution in [0.15, 0.2) is 52.3 Å². The third-order valence-corrected chi connectivity index (χ3v) is 5.52. The van der Waals surface area contributed by atoms with Crippen molar-refractivity contribution in [2.45, 2.75) is 19.9 Å². The number of benzene rings is 1. The number of rotatable bonds is 3. The molecule has 1 aliphatic heterocycles. The monoisotopic (exact) mass is 390 g/mol. The highest BCUT2D eigenvalue weighted by Gasteiger charge is 2.22. The van der Waals surface area contributed by atoms with Gasteiger partial charge in [-0.3, -0.25) is 9.36 Å². The van der Waals surface area contributed by atoms with Gasteiger partial charge in [0.1, 0.15) is 0 Å². The van der Waals surface area contributed by atoms with E-state index in [2.05, 4.69) is 25.0 Å². The number of piperazine rings is 1. The smallest absolute Gasteiger partial charge is 0.261 e. The summed E-state index contributed by atoms with van der Waals surface area (Å²) in [6, 6.07) is 7.90. The molecule has 0 aliphatic carbocycles. The van der Waals surface area contributed by atoms with Crippen LogP contribution in [0.1, 0.15) is 19.9 Å². The van der Waals surface area contributed by atoms with Crippen molar-refractivity contribution >= 4 is 33.4 Å². The van der Waals surface area contributed by atoms with Crippen LogP contribution in [0.5, 0.6) is 0 Å². The summed E-state index contributed by atoms with van der Waals surface area (Å²) in [5.74, 6) is 0.793. The summed E-state index contributed by atoms with van der Waals surface area (Å²) in [5, 5.41) is 10.0. The fraction of sp³-hybridized carbons (Fsp3) is 0.333. The third-order valence-electron chi connectivity index (χ3n) is 5.52. The predicted molar refractivity (Wildman–Crippen MR) is 113 cm³/mol. The van der Waals surface area contributed by atoms with Crippen molar-refractivity contribution in [3.63, 3.8) is 0 Å². The van der Waals surface area contributed by atoms with Gasteiger partial charge in [0, 0.05) is 43.3 Å². The van der Waals surface area contributed by atoms with Crippen LogP contribution < -0.4 is 15.4 Å². The molecule has 0 spiro atoms. The van der Waals surface area contributed by atoms with E-state index in [-0.39, 0.29) is 11.6 Å². The Bertz CT molecular complexity index is 1240. The Balaban J connectivity index is 1.38. The highest BCUT2D eigenvalue weighted by atomic mass is 16.3. The summed E-state index contributed by atoms with van der Waals surface area (Å²) in [7, 11) is 0. The Hall–Kier alpha value is -3.42. The molecule has 4 heterocycles. The third kappa shape index (κ3) is 3.00. The van der Waals surface area contributed by atoms with Crippen molar-refractivity contribution in [1.82, 2.24) is 19.7 Å². The lowest BCUT2D eigenvalue weighted by molar-refractivity contribution is 0.573. The lowest BCUT2D eigenvalue weighted by atomic mass is 10.2. The second-order valence-corrected chi connectivity index (χ2v) is 7.60. The zero-order chi connectivity index (χ0) is 20.0. The molecule has 1 aliphatic rings. The molecule has 4 aromatic rings. The molecule has 29 heavy (non-hydrogen) atoms. The number of hydrogen-bond acceptors (Lipinski definition) is 7. The van der Waals surface area contributed by atoms with E-state index in [1.807, 2.05) is 38.1 Å². The van der Waals surface area contributed by atoms with Gasteiger partial charge in [0.15, 0.2) is 11.4 Å². The number of hydrogen-bond donors (Lipinski definition) is 0. The van der Waals surface area contributed by atoms with Gasteiger partial charge in [0.2, 0.25) is 0 Å². The molecule has 8 heteroatoms. The molecule has 1 fully saturated rings. The van der Waals surface area contributed by atoms with Crippen LogP contribution in [0, 0.1) is 0 Å². The molecule has 0 saturated carbocycles. The van der Waals surface area contributed by atoms with E-state index in [1.54, 1.807) is 23.4 Å². The Morgan fingerprint density at radius 3 is 2.66 bits per heavy atom. The molecule has 0 N–H and O–H groups in total. The van der Waals surface area contributed by atoms with Gasteiger partial charge in [0.05, 0.1) is 29.7 Å². The molecule has 1 aromatic carbocycles. The standard InChI is InChI=1S/C21H22N6O2/c1-14(2)27-13-22-18-11-16(3-4-17(18)21(27)28)25-6-8-26(9-7-25)20-19-15(5-10-29-19)12-23-24-20/h3-5,10-14H,6-9H2,1-2H3. The zero-order valence-electron chi connectivity index (χ0n) is 16.4. The van der Waals surface area contributed by atoms with Gasteiger partial charge < -0.3 is 14.2 Å². The van der Waals surface area contributed by atoms with Crippen molar-refractivity contribution in [2.24, 2.45) is 0 Å². The minimum atomic E-state index is 0.00601. The molecular weight excluding hydrogens is 368 g/mol. The van der Waals surface area contributed by atoms with E-state index >= 15 is 0 Å². The topological polar surface area (TPSA) is 80.3 Å². The summed E-state index contributed by atoms with van der Waals surface area (Å²) in [6.07, 6.45) is 5.02. The normalized spacial score (nSPS) is 15.0. The summed E-state index contributed by atoms with van der Waals surface area (Å²) in [4.78, 5) is 21.6. The maximum atomic E-state index is 12.6. The highest BCUT2D eigenvalue weighted by molar-refractivity contribution is 5.86. The van der Waals surface area contributed by atoms with Gasteiger partial charge in [-0.15, -0.1) is 5.10 Å². The second-order valence-electron chi connectivity index (χ2n) is 7.60. The van der Waals surface area contributed by atoms with E-state index in [0.29, 0.717) is 5.39 Å². The van der Waals surface area contributed by atoms with Gasteiger partial charge in [-0.25, -0.2) is 4.98 Å². The van der Waals surface area contributed by atoms with Gasteiger partial charge in [0.25, 0.3) is 5.56 Å². The SMILES string of the molecule is CC(C)n1cnc2cc(N3CCN(c4nncc5ccoc45)CC3)ccc2c1=O. The summed E-state index contributed by atoms with van der Waals surface area (Å²) in [6.45, 7) is 7.28. The predicted octanol–water partition coefficient (Wildman–Crippen LogP) is 2.84. The maximum absolute atomic E-state index is 12.6. The highest BCUT2D eigenvalue weighted by Crippen LogP contribution is 2.27. The minimum absolute atomic E-state index is 0.00601. The van der Waals surface area contributed by atoms with Crippen LogP contribution in [0.3, 0.4) is 0 Å². The lowest BCUT2D eigenvalue weighted by Gasteiger charge is -2.36. The molecule has 8 nitrogen and oxygen atoms in total. The van der Waals surface area contributed by atoms with E-state index in [9.17, 15) is 4.79 Å². The van der Waals surface area contributed by atoms with Crippen LogP contribution >= 0.6 is 0 Å². The summed E-state index contributed by atoms with van der Waals surface area (Å²) in [5.41, 5.74) is 2.60. The number of aromatic nitrogens is 4. The number of fused-ring (bicyclic) bond motifs is 2. The number of furan rings is 1. The Morgan fingerprint density at radius 1 is 1.07 bits per heavy atom. The van der Waals surface area contributed by atoms with Crippen molar-refractivity contribution in [1.29, 1.82) is 0 Å². The molecule has 0 unspecified atom stereocenters. The van der Waals surface area contributed by atoms with E-state index in [1.165, 1.54) is 0 Å². The first-order valence-corrected chi connectivity index (χ1v) is 9.81. The van der Waals surface area contributed by atoms with Crippen LogP contribution in [-0.4, -0.2) is 45.9 Å². The first-order valence-electron chi connectivity index (χ1n) is 9.81. The molecular formula is C21H22N6O2. The van der Waals surface area contributed by atoms with Crippen molar-refractivity contribution in [2.75, 3.05) is 36.0 Å².